The summed E-state index contributed by atoms with van der Waals surface area (Å²) in [6.45, 7) is 6.93. The summed E-state index contributed by atoms with van der Waals surface area (Å²) < 4.78 is 34.6. The van der Waals surface area contributed by atoms with Gasteiger partial charge in [0, 0.05) is 6.54 Å². The molecule has 6 nitrogen and oxygen atoms in total. The molecule has 0 bridgehead atoms. The molecule has 0 saturated heterocycles. The van der Waals surface area contributed by atoms with Gasteiger partial charge in [-0.2, -0.15) is 8.42 Å². The molecule has 1 amide bonds. The van der Waals surface area contributed by atoms with Crippen LogP contribution < -0.4 is 5.32 Å². The summed E-state index contributed by atoms with van der Waals surface area (Å²) in [4.78, 5) is 11.2. The van der Waals surface area contributed by atoms with E-state index in [4.69, 9.17) is 9.29 Å². The van der Waals surface area contributed by atoms with E-state index in [0.717, 1.165) is 0 Å². The van der Waals surface area contributed by atoms with E-state index in [1.165, 1.54) is 0 Å². The van der Waals surface area contributed by atoms with Gasteiger partial charge < -0.3 is 10.1 Å². The summed E-state index contributed by atoms with van der Waals surface area (Å²) in [5.41, 5.74) is -0.587. The number of carbonyl (C=O) groups is 1. The third-order valence-corrected chi connectivity index (χ3v) is 2.48. The summed E-state index contributed by atoms with van der Waals surface area (Å²) in [5.74, 6) is -0.759. The Balaban J connectivity index is 3.94. The smallest absolute Gasteiger partial charge is 0.407 e. The van der Waals surface area contributed by atoms with Crippen LogP contribution in [0.2, 0.25) is 0 Å². The Bertz CT molecular complexity index is 330. The van der Waals surface area contributed by atoms with E-state index in [9.17, 15) is 13.2 Å². The van der Waals surface area contributed by atoms with Crippen LogP contribution in [0.25, 0.3) is 0 Å². The van der Waals surface area contributed by atoms with Crippen LogP contribution in [0.3, 0.4) is 0 Å². The predicted octanol–water partition coefficient (Wildman–Crippen LogP) is 1.04. The van der Waals surface area contributed by atoms with Crippen LogP contribution in [-0.2, 0) is 14.9 Å². The van der Waals surface area contributed by atoms with Gasteiger partial charge in [0.25, 0.3) is 10.1 Å². The maximum Gasteiger partial charge on any atom is 0.407 e. The van der Waals surface area contributed by atoms with E-state index >= 15 is 0 Å². The molecule has 2 N–H and O–H groups in total. The van der Waals surface area contributed by atoms with Gasteiger partial charge in [-0.1, -0.05) is 6.92 Å². The van der Waals surface area contributed by atoms with Crippen molar-refractivity contribution < 1.29 is 22.5 Å². The van der Waals surface area contributed by atoms with Gasteiger partial charge in [0.15, 0.2) is 0 Å². The van der Waals surface area contributed by atoms with Crippen LogP contribution in [0.15, 0.2) is 0 Å². The second-order valence-electron chi connectivity index (χ2n) is 4.74. The number of hydrogen-bond acceptors (Lipinski definition) is 4. The molecule has 0 aliphatic heterocycles. The normalized spacial score (nSPS) is 14.3. The minimum absolute atomic E-state index is 0.134. The van der Waals surface area contributed by atoms with Crippen molar-refractivity contribution in [2.24, 2.45) is 5.92 Å². The Hall–Kier alpha value is -0.820. The molecule has 7 heteroatoms. The molecule has 0 aromatic rings. The average Bonchev–Trinajstić information content (AvgIpc) is 1.94. The highest BCUT2D eigenvalue weighted by Crippen LogP contribution is 2.06. The van der Waals surface area contributed by atoms with Crippen LogP contribution in [0, 0.1) is 5.92 Å². The largest absolute Gasteiger partial charge is 0.444 e. The first-order valence-corrected chi connectivity index (χ1v) is 6.52. The minimum Gasteiger partial charge on any atom is -0.444 e. The molecule has 0 saturated carbocycles. The van der Waals surface area contributed by atoms with Crippen LogP contribution in [-0.4, -0.2) is 37.0 Å². The quantitative estimate of drug-likeness (QED) is 0.730. The molecule has 0 rings (SSSR count). The third kappa shape index (κ3) is 9.72. The SMILES string of the molecule is CC(CNC(=O)OC(C)(C)C)CS(=O)(=O)O. The highest BCUT2D eigenvalue weighted by Gasteiger charge is 2.17. The summed E-state index contributed by atoms with van der Waals surface area (Å²) in [6.07, 6.45) is -0.602. The summed E-state index contributed by atoms with van der Waals surface area (Å²) >= 11 is 0. The molecular formula is C9H19NO5S. The highest BCUT2D eigenvalue weighted by molar-refractivity contribution is 7.85. The molecule has 16 heavy (non-hydrogen) atoms. The molecule has 96 valence electrons. The lowest BCUT2D eigenvalue weighted by Crippen LogP contribution is -2.36. The van der Waals surface area contributed by atoms with E-state index in [0.29, 0.717) is 0 Å². The molecule has 0 spiro atoms. The van der Waals surface area contributed by atoms with Crippen molar-refractivity contribution in [3.05, 3.63) is 0 Å². The van der Waals surface area contributed by atoms with Crippen molar-refractivity contribution in [2.75, 3.05) is 12.3 Å². The fraction of sp³-hybridized carbons (Fsp3) is 0.889. The van der Waals surface area contributed by atoms with Crippen molar-refractivity contribution in [3.63, 3.8) is 0 Å². The first kappa shape index (κ1) is 15.2. The topological polar surface area (TPSA) is 92.7 Å². The third-order valence-electron chi connectivity index (χ3n) is 1.49. The zero-order valence-electron chi connectivity index (χ0n) is 9.98. The van der Waals surface area contributed by atoms with Crippen molar-refractivity contribution in [1.82, 2.24) is 5.32 Å². The second-order valence-corrected chi connectivity index (χ2v) is 6.23. The Labute approximate surface area is 96.1 Å². The van der Waals surface area contributed by atoms with Gasteiger partial charge in [-0.25, -0.2) is 4.79 Å². The molecule has 0 aliphatic carbocycles. The van der Waals surface area contributed by atoms with Gasteiger partial charge in [0.2, 0.25) is 0 Å². The molecule has 1 atom stereocenters. The number of amides is 1. The van der Waals surface area contributed by atoms with Gasteiger partial charge in [0.1, 0.15) is 5.60 Å². The molecule has 0 heterocycles. The van der Waals surface area contributed by atoms with Gasteiger partial charge in [-0.05, 0) is 26.7 Å². The lowest BCUT2D eigenvalue weighted by molar-refractivity contribution is 0.0521. The molecule has 0 radical (unpaired) electrons. The van der Waals surface area contributed by atoms with E-state index in [1.54, 1.807) is 27.7 Å². The summed E-state index contributed by atoms with van der Waals surface area (Å²) in [5, 5.41) is 2.42. The second kappa shape index (κ2) is 5.49. The van der Waals surface area contributed by atoms with Crippen LogP contribution >= 0.6 is 0 Å². The molecule has 1 unspecified atom stereocenters. The molecule has 0 aliphatic rings. The van der Waals surface area contributed by atoms with Crippen LogP contribution in [0.5, 0.6) is 0 Å². The van der Waals surface area contributed by atoms with E-state index in [2.05, 4.69) is 5.32 Å². The van der Waals surface area contributed by atoms with Crippen molar-refractivity contribution in [3.8, 4) is 0 Å². The number of carbonyl (C=O) groups excluding carboxylic acids is 1. The molecular weight excluding hydrogens is 234 g/mol. The standard InChI is InChI=1S/C9H19NO5S/c1-7(6-16(12,13)14)5-10-8(11)15-9(2,3)4/h7H,5-6H2,1-4H3,(H,10,11)(H,12,13,14). The Morgan fingerprint density at radius 3 is 2.31 bits per heavy atom. The zero-order valence-corrected chi connectivity index (χ0v) is 10.8. The zero-order chi connectivity index (χ0) is 13.0. The number of alkyl carbamates (subject to hydrolysis) is 1. The minimum atomic E-state index is -4.00. The lowest BCUT2D eigenvalue weighted by atomic mass is 10.2. The van der Waals surface area contributed by atoms with E-state index in [-0.39, 0.29) is 18.2 Å². The highest BCUT2D eigenvalue weighted by atomic mass is 32.2. The predicted molar refractivity (Wildman–Crippen MR) is 59.8 cm³/mol. The Kier molecular flexibility index (Phi) is 5.21. The van der Waals surface area contributed by atoms with Crippen molar-refractivity contribution in [2.45, 2.75) is 33.3 Å². The van der Waals surface area contributed by atoms with Crippen molar-refractivity contribution >= 4 is 16.2 Å². The Morgan fingerprint density at radius 2 is 1.94 bits per heavy atom. The van der Waals surface area contributed by atoms with Crippen LogP contribution in [0.4, 0.5) is 4.79 Å². The van der Waals surface area contributed by atoms with Gasteiger partial charge in [-0.15, -0.1) is 0 Å². The maximum atomic E-state index is 11.2. The Morgan fingerprint density at radius 1 is 1.44 bits per heavy atom. The van der Waals surface area contributed by atoms with Crippen LogP contribution in [0.1, 0.15) is 27.7 Å². The lowest BCUT2D eigenvalue weighted by Gasteiger charge is -2.20. The first-order valence-electron chi connectivity index (χ1n) is 4.91. The van der Waals surface area contributed by atoms with E-state index < -0.39 is 21.8 Å². The number of nitrogens with one attached hydrogen (secondary N) is 1. The van der Waals surface area contributed by atoms with Gasteiger partial charge >= 0.3 is 6.09 Å². The summed E-state index contributed by atoms with van der Waals surface area (Å²) in [6, 6.07) is 0. The monoisotopic (exact) mass is 253 g/mol. The fourth-order valence-electron chi connectivity index (χ4n) is 0.990. The first-order chi connectivity index (χ1) is 6.99. The summed E-state index contributed by atoms with van der Waals surface area (Å²) in [7, 11) is -4.00. The number of ether oxygens (including phenoxy) is 1. The fourth-order valence-corrected chi connectivity index (χ4v) is 1.83. The number of hydrogen-bond donors (Lipinski definition) is 2. The average molecular weight is 253 g/mol. The van der Waals surface area contributed by atoms with Gasteiger partial charge in [0.05, 0.1) is 5.75 Å². The maximum absolute atomic E-state index is 11.2. The van der Waals surface area contributed by atoms with E-state index in [1.807, 2.05) is 0 Å². The molecule has 0 aromatic heterocycles. The van der Waals surface area contributed by atoms with Crippen molar-refractivity contribution in [1.29, 1.82) is 0 Å². The molecule has 0 fully saturated rings. The number of rotatable bonds is 4. The van der Waals surface area contributed by atoms with Gasteiger partial charge in [-0.3, -0.25) is 4.55 Å². The molecule has 0 aromatic carbocycles.